The van der Waals surface area contributed by atoms with Gasteiger partial charge in [-0.15, -0.1) is 0 Å². The summed E-state index contributed by atoms with van der Waals surface area (Å²) in [5, 5.41) is 34.6. The number of amides is 1. The van der Waals surface area contributed by atoms with Gasteiger partial charge in [0.05, 0.1) is 31.1 Å². The molecule has 10 heteroatoms. The number of hydrogen-bond donors (Lipinski definition) is 4. The van der Waals surface area contributed by atoms with Crippen LogP contribution in [0.2, 0.25) is 0 Å². The lowest BCUT2D eigenvalue weighted by molar-refractivity contribution is -0.124. The van der Waals surface area contributed by atoms with Gasteiger partial charge in [-0.2, -0.15) is 0 Å². The maximum absolute atomic E-state index is 14.4. The summed E-state index contributed by atoms with van der Waals surface area (Å²) in [5.74, 6) is -7.09. The fourth-order valence-electron chi connectivity index (χ4n) is 8.07. The second-order valence-electron chi connectivity index (χ2n) is 12.1. The van der Waals surface area contributed by atoms with Gasteiger partial charge in [-0.3, -0.25) is 19.2 Å². The number of benzene rings is 2. The van der Waals surface area contributed by atoms with Crippen LogP contribution in [0.5, 0.6) is 17.2 Å². The minimum atomic E-state index is -2.92. The van der Waals surface area contributed by atoms with Crippen LogP contribution in [-0.4, -0.2) is 58.4 Å². The van der Waals surface area contributed by atoms with E-state index in [1.165, 1.54) is 20.3 Å². The molecule has 3 atom stereocenters. The van der Waals surface area contributed by atoms with Gasteiger partial charge in [0.1, 0.15) is 28.6 Å². The third-order valence-electron chi connectivity index (χ3n) is 10.1. The van der Waals surface area contributed by atoms with E-state index in [0.717, 1.165) is 24.0 Å². The third kappa shape index (κ3) is 2.90. The van der Waals surface area contributed by atoms with Crippen molar-refractivity contribution < 1.29 is 44.0 Å². The van der Waals surface area contributed by atoms with Gasteiger partial charge in [0, 0.05) is 34.4 Å². The molecule has 6 rings (SSSR count). The number of aliphatic hydroxyl groups excluding tert-OH is 1. The van der Waals surface area contributed by atoms with E-state index in [1.54, 1.807) is 0 Å². The van der Waals surface area contributed by atoms with Crippen molar-refractivity contribution in [1.82, 2.24) is 0 Å². The predicted molar refractivity (Wildman–Crippen MR) is 146 cm³/mol. The molecule has 0 aliphatic heterocycles. The molecule has 1 amide bonds. The highest BCUT2D eigenvalue weighted by molar-refractivity contribution is 6.30. The number of ketones is 3. The van der Waals surface area contributed by atoms with Gasteiger partial charge in [0.25, 0.3) is 5.91 Å². The monoisotopic (exact) mass is 561 g/mol. The Balaban J connectivity index is 1.80. The molecule has 4 aliphatic carbocycles. The summed E-state index contributed by atoms with van der Waals surface area (Å²) < 4.78 is 11.5. The number of phenols is 1. The molecule has 1 spiro atoms. The number of methoxy groups -OCH3 is 2. The maximum Gasteiger partial charge on any atom is 0.255 e. The van der Waals surface area contributed by atoms with E-state index in [1.807, 2.05) is 6.92 Å². The fraction of sp³-hybridized carbons (Fsp3) is 0.419. The molecular formula is C31H31NO9. The van der Waals surface area contributed by atoms with Crippen molar-refractivity contribution in [3.05, 3.63) is 51.3 Å². The normalized spacial score (nSPS) is 28.1. The first kappa shape index (κ1) is 27.0. The van der Waals surface area contributed by atoms with Crippen LogP contribution in [0.4, 0.5) is 0 Å². The number of carbonyl (C=O) groups is 4. The Labute approximate surface area is 235 Å². The lowest BCUT2D eigenvalue weighted by Gasteiger charge is -2.49. The van der Waals surface area contributed by atoms with Crippen LogP contribution in [0.3, 0.4) is 0 Å². The molecule has 0 saturated heterocycles. The van der Waals surface area contributed by atoms with Crippen LogP contribution in [0.15, 0.2) is 29.0 Å². The van der Waals surface area contributed by atoms with Gasteiger partial charge in [0.15, 0.2) is 17.2 Å². The zero-order chi connectivity index (χ0) is 30.0. The quantitative estimate of drug-likeness (QED) is 0.324. The Morgan fingerprint density at radius 2 is 1.76 bits per heavy atom. The minimum absolute atomic E-state index is 0.0305. The van der Waals surface area contributed by atoms with E-state index in [-0.39, 0.29) is 39.8 Å². The van der Waals surface area contributed by atoms with Crippen molar-refractivity contribution in [2.24, 2.45) is 17.1 Å². The highest BCUT2D eigenvalue weighted by Gasteiger charge is 2.64. The Kier molecular flexibility index (Phi) is 5.40. The molecular weight excluding hydrogens is 530 g/mol. The molecule has 0 fully saturated rings. The summed E-state index contributed by atoms with van der Waals surface area (Å²) in [4.78, 5) is 53.4. The predicted octanol–water partition coefficient (Wildman–Crippen LogP) is 3.12. The summed E-state index contributed by atoms with van der Waals surface area (Å²) in [7, 11) is 2.77. The zero-order valence-corrected chi connectivity index (χ0v) is 23.4. The smallest absolute Gasteiger partial charge is 0.255 e. The number of fused-ring (bicyclic) bond motifs is 4. The number of carbonyl (C=O) groups excluding carboxylic acids is 4. The van der Waals surface area contributed by atoms with Crippen LogP contribution < -0.4 is 15.2 Å². The van der Waals surface area contributed by atoms with Crippen molar-refractivity contribution in [2.75, 3.05) is 14.2 Å². The van der Waals surface area contributed by atoms with Gasteiger partial charge in [-0.05, 0) is 37.2 Å². The first-order valence-corrected chi connectivity index (χ1v) is 13.4. The summed E-state index contributed by atoms with van der Waals surface area (Å²) in [5.41, 5.74) is 2.36. The van der Waals surface area contributed by atoms with Gasteiger partial charge < -0.3 is 30.5 Å². The standard InChI is InChI=1S/C31H31NO9/c1-12-7-6-8-29(2,3)30(12)11-13-18-20(16(34)10-17(40-4)23(18)30)25(41-5)22-19(13)24(35)14-9-15(33)21(28(32)38)26(36)31(14,39)27(22)37/h7,10,14,34,36,39H,6,8-9,11H2,1-5H3,(H2,32,38)/t14-,30+,31-/m0/s1. The molecule has 0 radical (unpaired) electrons. The van der Waals surface area contributed by atoms with Crippen LogP contribution in [0.25, 0.3) is 10.8 Å². The Hall–Kier alpha value is -4.18. The summed E-state index contributed by atoms with van der Waals surface area (Å²) >= 11 is 0. The third-order valence-corrected chi connectivity index (χ3v) is 10.1. The molecule has 10 nitrogen and oxygen atoms in total. The van der Waals surface area contributed by atoms with Crippen molar-refractivity contribution in [1.29, 1.82) is 0 Å². The molecule has 0 heterocycles. The van der Waals surface area contributed by atoms with Gasteiger partial charge >= 0.3 is 0 Å². The van der Waals surface area contributed by atoms with E-state index >= 15 is 0 Å². The lowest BCUT2D eigenvalue weighted by Crippen LogP contribution is -2.58. The van der Waals surface area contributed by atoms with E-state index < -0.39 is 57.9 Å². The van der Waals surface area contributed by atoms with Gasteiger partial charge in [-0.25, -0.2) is 0 Å². The molecule has 2 aromatic carbocycles. The zero-order valence-electron chi connectivity index (χ0n) is 23.4. The number of rotatable bonds is 3. The molecule has 2 aromatic rings. The highest BCUT2D eigenvalue weighted by atomic mass is 16.5. The summed E-state index contributed by atoms with van der Waals surface area (Å²) in [6, 6.07) is 1.45. The average molecular weight is 562 g/mol. The molecule has 4 aliphatic rings. The van der Waals surface area contributed by atoms with Gasteiger partial charge in [-0.1, -0.05) is 25.5 Å². The van der Waals surface area contributed by atoms with Crippen molar-refractivity contribution in [3.63, 3.8) is 0 Å². The van der Waals surface area contributed by atoms with Crippen molar-refractivity contribution in [2.45, 2.75) is 57.5 Å². The fourth-order valence-corrected chi connectivity index (χ4v) is 8.07. The molecule has 0 aromatic heterocycles. The van der Waals surface area contributed by atoms with Gasteiger partial charge in [0.2, 0.25) is 5.78 Å². The number of aliphatic hydroxyl groups is 2. The first-order valence-electron chi connectivity index (χ1n) is 13.4. The van der Waals surface area contributed by atoms with Crippen LogP contribution in [0.1, 0.15) is 71.9 Å². The van der Waals surface area contributed by atoms with E-state index in [4.69, 9.17) is 15.2 Å². The number of allylic oxidation sites excluding steroid dienone is 2. The van der Waals surface area contributed by atoms with Crippen LogP contribution >= 0.6 is 0 Å². The number of Topliss-reactive ketones (excluding diaryl/α,β-unsaturated/α-hetero) is 3. The first-order chi connectivity index (χ1) is 19.2. The second kappa shape index (κ2) is 8.19. The minimum Gasteiger partial charge on any atom is -0.508 e. The number of phenolic OH excluding ortho intramolecular Hbond substituents is 1. The van der Waals surface area contributed by atoms with Crippen molar-refractivity contribution in [3.8, 4) is 17.2 Å². The molecule has 41 heavy (non-hydrogen) atoms. The number of ether oxygens (including phenoxy) is 2. The topological polar surface area (TPSA) is 173 Å². The molecule has 0 saturated carbocycles. The second-order valence-corrected chi connectivity index (χ2v) is 12.1. The largest absolute Gasteiger partial charge is 0.508 e. The number of primary amides is 1. The Bertz CT molecular complexity index is 1730. The molecule has 5 N–H and O–H groups in total. The number of hydrogen-bond acceptors (Lipinski definition) is 9. The lowest BCUT2D eigenvalue weighted by atomic mass is 9.54. The van der Waals surface area contributed by atoms with Crippen LogP contribution in [0, 0.1) is 11.3 Å². The van der Waals surface area contributed by atoms with Crippen molar-refractivity contribution >= 4 is 34.0 Å². The average Bonchev–Trinajstić information content (AvgIpc) is 3.27. The van der Waals surface area contributed by atoms with E-state index in [2.05, 4.69) is 19.9 Å². The van der Waals surface area contributed by atoms with Crippen LogP contribution in [-0.2, 0) is 21.4 Å². The summed E-state index contributed by atoms with van der Waals surface area (Å²) in [6.45, 7) is 6.29. The molecule has 0 bridgehead atoms. The number of nitrogens with two attached hydrogens (primary N) is 1. The van der Waals surface area contributed by atoms with E-state index in [9.17, 15) is 34.5 Å². The highest BCUT2D eigenvalue weighted by Crippen LogP contribution is 2.65. The molecule has 0 unspecified atom stereocenters. The Morgan fingerprint density at radius 1 is 1.07 bits per heavy atom. The number of aromatic hydroxyl groups is 1. The SMILES string of the molecule is COc1cc(O)c2c(OC)c3c(c4c2c1[C@@]1(C4)C(C)=CCCC1(C)C)C(=O)[C@@H]1CC(=O)C(C(N)=O)=C(O)[C@]1(O)C3=O. The maximum atomic E-state index is 14.4. The van der Waals surface area contributed by atoms with E-state index in [0.29, 0.717) is 16.7 Å². The summed E-state index contributed by atoms with van der Waals surface area (Å²) in [6.07, 6.45) is 3.41. The molecule has 214 valence electrons. The Morgan fingerprint density at radius 3 is 2.34 bits per heavy atom.